The molecule has 3 heterocycles. The van der Waals surface area contributed by atoms with E-state index in [4.69, 9.17) is 0 Å². The van der Waals surface area contributed by atoms with Crippen LogP contribution in [0.3, 0.4) is 0 Å². The second kappa shape index (κ2) is 8.17. The molecule has 0 unspecified atom stereocenters. The number of fused-ring (bicyclic) bond motifs is 2. The van der Waals surface area contributed by atoms with Crippen molar-refractivity contribution in [3.05, 3.63) is 64.7 Å². The summed E-state index contributed by atoms with van der Waals surface area (Å²) in [5.74, 6) is -0.407. The lowest BCUT2D eigenvalue weighted by Gasteiger charge is -2.12. The summed E-state index contributed by atoms with van der Waals surface area (Å²) in [6.45, 7) is 0.268. The second-order valence-corrected chi connectivity index (χ2v) is 9.82. The Morgan fingerprint density at radius 1 is 0.968 bits per heavy atom. The average molecular weight is 468 g/mol. The van der Waals surface area contributed by atoms with E-state index in [1.807, 2.05) is 24.3 Å². The van der Waals surface area contributed by atoms with E-state index in [9.17, 15) is 14.4 Å². The zero-order valence-electron chi connectivity index (χ0n) is 15.8. The highest BCUT2D eigenvalue weighted by Gasteiger charge is 2.34. The molecular formula is C20H13N5O3S3. The first-order chi connectivity index (χ1) is 15.1. The Hall–Kier alpha value is -3.15. The number of para-hydroxylation sites is 1. The third-order valence-electron chi connectivity index (χ3n) is 4.53. The Morgan fingerprint density at radius 3 is 2.42 bits per heavy atom. The molecule has 2 aromatic heterocycles. The van der Waals surface area contributed by atoms with Gasteiger partial charge in [-0.05, 0) is 24.3 Å². The van der Waals surface area contributed by atoms with Gasteiger partial charge in [-0.25, -0.2) is 4.98 Å². The number of nitrogens with zero attached hydrogens (tertiary/aromatic N) is 4. The van der Waals surface area contributed by atoms with Crippen LogP contribution in [-0.4, -0.2) is 50.1 Å². The number of hydrogen-bond acceptors (Lipinski definition) is 9. The van der Waals surface area contributed by atoms with E-state index in [1.165, 1.54) is 39.3 Å². The maximum atomic E-state index is 12.4. The van der Waals surface area contributed by atoms with Gasteiger partial charge in [-0.1, -0.05) is 47.4 Å². The minimum absolute atomic E-state index is 0.268. The molecule has 0 spiro atoms. The number of carbonyl (C=O) groups is 3. The highest BCUT2D eigenvalue weighted by Crippen LogP contribution is 2.28. The summed E-state index contributed by atoms with van der Waals surface area (Å²) in [4.78, 5) is 42.8. The molecule has 5 rings (SSSR count). The van der Waals surface area contributed by atoms with Crippen LogP contribution in [0, 0.1) is 0 Å². The predicted molar refractivity (Wildman–Crippen MR) is 120 cm³/mol. The van der Waals surface area contributed by atoms with Crippen molar-refractivity contribution in [2.75, 3.05) is 17.6 Å². The molecule has 4 aromatic rings. The van der Waals surface area contributed by atoms with Crippen molar-refractivity contribution < 1.29 is 14.4 Å². The van der Waals surface area contributed by atoms with E-state index >= 15 is 0 Å². The Balaban J connectivity index is 1.17. The SMILES string of the molecule is O=C(Nc1nnc(SCCN2C(=O)c3ccccc3C2=O)s1)c1nc2ccccc2s1. The van der Waals surface area contributed by atoms with Gasteiger partial charge in [0.25, 0.3) is 17.7 Å². The van der Waals surface area contributed by atoms with E-state index in [0.717, 1.165) is 10.2 Å². The number of hydrogen-bond donors (Lipinski definition) is 1. The minimum atomic E-state index is -0.333. The fraction of sp³-hybridized carbons (Fsp3) is 0.100. The maximum absolute atomic E-state index is 12.4. The molecular weight excluding hydrogens is 454 g/mol. The van der Waals surface area contributed by atoms with Gasteiger partial charge >= 0.3 is 0 Å². The average Bonchev–Trinajstić information content (AvgIpc) is 3.47. The zero-order chi connectivity index (χ0) is 21.4. The highest BCUT2D eigenvalue weighted by atomic mass is 32.2. The standard InChI is InChI=1S/C20H13N5O3S3/c26-15(16-21-13-7-3-4-8-14(13)30-16)22-19-23-24-20(31-19)29-10-9-25-17(27)11-5-1-2-6-12(11)18(25)28/h1-8H,9-10H2,(H,22,23,26). The van der Waals surface area contributed by atoms with Gasteiger partial charge in [-0.2, -0.15) is 0 Å². The summed E-state index contributed by atoms with van der Waals surface area (Å²) >= 11 is 3.92. The number of anilines is 1. The largest absolute Gasteiger partial charge is 0.294 e. The van der Waals surface area contributed by atoms with Crippen molar-refractivity contribution in [1.82, 2.24) is 20.1 Å². The second-order valence-electron chi connectivity index (χ2n) is 6.47. The molecule has 31 heavy (non-hydrogen) atoms. The summed E-state index contributed by atoms with van der Waals surface area (Å²) < 4.78 is 1.57. The minimum Gasteiger partial charge on any atom is -0.294 e. The van der Waals surface area contributed by atoms with Crippen molar-refractivity contribution in [2.24, 2.45) is 0 Å². The van der Waals surface area contributed by atoms with Gasteiger partial charge in [0.05, 0.1) is 21.3 Å². The molecule has 0 saturated carbocycles. The van der Waals surface area contributed by atoms with Gasteiger partial charge < -0.3 is 0 Å². The Bertz CT molecular complexity index is 1260. The normalized spacial score (nSPS) is 13.1. The van der Waals surface area contributed by atoms with E-state index < -0.39 is 0 Å². The highest BCUT2D eigenvalue weighted by molar-refractivity contribution is 8.01. The molecule has 154 valence electrons. The van der Waals surface area contributed by atoms with Crippen molar-refractivity contribution in [3.8, 4) is 0 Å². The van der Waals surface area contributed by atoms with Gasteiger partial charge in [-0.15, -0.1) is 21.5 Å². The van der Waals surface area contributed by atoms with Crippen LogP contribution in [0.2, 0.25) is 0 Å². The number of carbonyl (C=O) groups excluding carboxylic acids is 3. The van der Waals surface area contributed by atoms with Crippen LogP contribution in [-0.2, 0) is 0 Å². The Kier molecular flexibility index (Phi) is 5.22. The predicted octanol–water partition coefficient (Wildman–Crippen LogP) is 3.79. The Morgan fingerprint density at radius 2 is 1.68 bits per heavy atom. The van der Waals surface area contributed by atoms with Gasteiger partial charge in [0.2, 0.25) is 5.13 Å². The van der Waals surface area contributed by atoms with Crippen LogP contribution in [0.1, 0.15) is 30.5 Å². The number of nitrogens with one attached hydrogen (secondary N) is 1. The molecule has 1 N–H and O–H groups in total. The van der Waals surface area contributed by atoms with Gasteiger partial charge in [-0.3, -0.25) is 24.6 Å². The van der Waals surface area contributed by atoms with Crippen molar-refractivity contribution in [1.29, 1.82) is 0 Å². The number of benzene rings is 2. The topological polar surface area (TPSA) is 105 Å². The third-order valence-corrected chi connectivity index (χ3v) is 7.52. The number of amides is 3. The van der Waals surface area contributed by atoms with Crippen molar-refractivity contribution in [2.45, 2.75) is 4.34 Å². The molecule has 8 nitrogen and oxygen atoms in total. The van der Waals surface area contributed by atoms with Crippen LogP contribution in [0.15, 0.2) is 52.9 Å². The van der Waals surface area contributed by atoms with Gasteiger partial charge in [0.15, 0.2) is 9.35 Å². The molecule has 3 amide bonds. The fourth-order valence-electron chi connectivity index (χ4n) is 3.10. The third kappa shape index (κ3) is 3.82. The fourth-order valence-corrected chi connectivity index (χ4v) is 5.71. The maximum Gasteiger partial charge on any atom is 0.286 e. The molecule has 2 aromatic carbocycles. The summed E-state index contributed by atoms with van der Waals surface area (Å²) in [5.41, 5.74) is 1.65. The first-order valence-corrected chi connectivity index (χ1v) is 11.8. The lowest BCUT2D eigenvalue weighted by Crippen LogP contribution is -2.31. The number of imide groups is 1. The first-order valence-electron chi connectivity index (χ1n) is 9.18. The molecule has 1 aliphatic rings. The number of thioether (sulfide) groups is 1. The lowest BCUT2D eigenvalue weighted by atomic mass is 10.1. The molecule has 0 atom stereocenters. The van der Waals surface area contributed by atoms with Crippen LogP contribution >= 0.6 is 34.4 Å². The summed E-state index contributed by atoms with van der Waals surface area (Å²) in [6.07, 6.45) is 0. The van der Waals surface area contributed by atoms with Crippen LogP contribution in [0.5, 0.6) is 0 Å². The van der Waals surface area contributed by atoms with E-state index in [1.54, 1.807) is 24.3 Å². The monoisotopic (exact) mass is 467 g/mol. The lowest BCUT2D eigenvalue weighted by molar-refractivity contribution is 0.0664. The zero-order valence-corrected chi connectivity index (χ0v) is 18.2. The van der Waals surface area contributed by atoms with E-state index in [-0.39, 0.29) is 24.3 Å². The van der Waals surface area contributed by atoms with Crippen LogP contribution in [0.4, 0.5) is 5.13 Å². The molecule has 11 heteroatoms. The molecule has 0 aliphatic carbocycles. The molecule has 0 saturated heterocycles. The molecule has 0 bridgehead atoms. The molecule has 1 aliphatic heterocycles. The number of aromatic nitrogens is 3. The summed E-state index contributed by atoms with van der Waals surface area (Å²) in [6, 6.07) is 14.4. The van der Waals surface area contributed by atoms with E-state index in [0.29, 0.717) is 31.4 Å². The van der Waals surface area contributed by atoms with Crippen molar-refractivity contribution in [3.63, 3.8) is 0 Å². The molecule has 0 radical (unpaired) electrons. The summed E-state index contributed by atoms with van der Waals surface area (Å²) in [5, 5.41) is 11.5. The van der Waals surface area contributed by atoms with E-state index in [2.05, 4.69) is 20.5 Å². The van der Waals surface area contributed by atoms with Crippen LogP contribution in [0.25, 0.3) is 10.2 Å². The molecule has 0 fully saturated rings. The van der Waals surface area contributed by atoms with Crippen molar-refractivity contribution >= 4 is 67.5 Å². The number of thiazole rings is 1. The van der Waals surface area contributed by atoms with Gasteiger partial charge in [0.1, 0.15) is 0 Å². The smallest absolute Gasteiger partial charge is 0.286 e. The Labute approximate surface area is 188 Å². The quantitative estimate of drug-likeness (QED) is 0.261. The first kappa shape index (κ1) is 19.8. The summed E-state index contributed by atoms with van der Waals surface area (Å²) in [7, 11) is 0. The van der Waals surface area contributed by atoms with Crippen LogP contribution < -0.4 is 5.32 Å². The van der Waals surface area contributed by atoms with Gasteiger partial charge in [0, 0.05) is 12.3 Å². The number of rotatable bonds is 6.